The van der Waals surface area contributed by atoms with E-state index in [2.05, 4.69) is 6.58 Å². The first-order valence-corrected chi connectivity index (χ1v) is 6.71. The van der Waals surface area contributed by atoms with Gasteiger partial charge in [0.2, 0.25) is 0 Å². The van der Waals surface area contributed by atoms with Gasteiger partial charge < -0.3 is 14.2 Å². The molecule has 0 N–H and O–H groups in total. The first-order valence-electron chi connectivity index (χ1n) is 6.71. The summed E-state index contributed by atoms with van der Waals surface area (Å²) in [7, 11) is 0. The molecule has 0 atom stereocenters. The number of hydrogen-bond acceptors (Lipinski definition) is 4. The van der Waals surface area contributed by atoms with E-state index in [1.165, 1.54) is 11.1 Å². The van der Waals surface area contributed by atoms with Crippen LogP contribution >= 0.6 is 0 Å². The lowest BCUT2D eigenvalue weighted by Crippen LogP contribution is -2.28. The van der Waals surface area contributed by atoms with Crippen molar-refractivity contribution in [1.29, 1.82) is 0 Å². The summed E-state index contributed by atoms with van der Waals surface area (Å²) >= 11 is 0. The maximum absolute atomic E-state index is 11.2. The van der Waals surface area contributed by atoms with Gasteiger partial charge in [0.05, 0.1) is 26.4 Å². The second-order valence-corrected chi connectivity index (χ2v) is 4.90. The Balaban J connectivity index is 4.12. The van der Waals surface area contributed by atoms with Crippen LogP contribution in [0.3, 0.4) is 0 Å². The van der Waals surface area contributed by atoms with Crippen LogP contribution in [0.25, 0.3) is 0 Å². The monoisotopic (exact) mass is 282 g/mol. The minimum atomic E-state index is -0.466. The smallest absolute Gasteiger partial charge is 0.330 e. The molecule has 0 bridgehead atoms. The second-order valence-electron chi connectivity index (χ2n) is 4.90. The van der Waals surface area contributed by atoms with Gasteiger partial charge in [-0.15, -0.1) is 0 Å². The van der Waals surface area contributed by atoms with E-state index in [1.807, 2.05) is 39.8 Å². The van der Waals surface area contributed by atoms with Crippen LogP contribution in [0.1, 0.15) is 27.7 Å². The van der Waals surface area contributed by atoms with Crippen molar-refractivity contribution in [3.8, 4) is 0 Å². The Morgan fingerprint density at radius 1 is 1.00 bits per heavy atom. The molecule has 0 radical (unpaired) electrons. The molecule has 114 valence electrons. The number of allylic oxidation sites excluding steroid dienone is 2. The molecule has 0 unspecified atom stereocenters. The predicted molar refractivity (Wildman–Crippen MR) is 80.6 cm³/mol. The Kier molecular flexibility index (Phi) is 10.6. The zero-order valence-corrected chi connectivity index (χ0v) is 13.0. The summed E-state index contributed by atoms with van der Waals surface area (Å²) in [5.41, 5.74) is 2.37. The quantitative estimate of drug-likeness (QED) is 0.267. The standard InChI is InChI=1S/C16H26O4/c1-6-16(17)20-15(11-18-9-7-13(2)3)12-19-10-8-14(4)5/h6-8,15H,1,9-12H2,2-5H3. The fraction of sp³-hybridized carbons (Fsp3) is 0.562. The van der Waals surface area contributed by atoms with Crippen LogP contribution in [-0.2, 0) is 19.0 Å². The van der Waals surface area contributed by atoms with Crippen molar-refractivity contribution in [2.75, 3.05) is 26.4 Å². The van der Waals surface area contributed by atoms with Crippen molar-refractivity contribution in [3.05, 3.63) is 36.0 Å². The van der Waals surface area contributed by atoms with Gasteiger partial charge in [-0.3, -0.25) is 0 Å². The van der Waals surface area contributed by atoms with E-state index >= 15 is 0 Å². The average Bonchev–Trinajstić information content (AvgIpc) is 2.38. The topological polar surface area (TPSA) is 44.8 Å². The van der Waals surface area contributed by atoms with Crippen molar-refractivity contribution in [2.45, 2.75) is 33.8 Å². The summed E-state index contributed by atoms with van der Waals surface area (Å²) in [5, 5.41) is 0. The lowest BCUT2D eigenvalue weighted by molar-refractivity contribution is -0.149. The third-order valence-corrected chi connectivity index (χ3v) is 2.28. The molecule has 4 heteroatoms. The van der Waals surface area contributed by atoms with E-state index < -0.39 is 12.1 Å². The summed E-state index contributed by atoms with van der Waals surface area (Å²) < 4.78 is 16.1. The van der Waals surface area contributed by atoms with Gasteiger partial charge in [-0.05, 0) is 27.7 Å². The van der Waals surface area contributed by atoms with Crippen LogP contribution in [-0.4, -0.2) is 38.5 Å². The van der Waals surface area contributed by atoms with Crippen LogP contribution in [0.5, 0.6) is 0 Å². The van der Waals surface area contributed by atoms with Gasteiger partial charge in [-0.1, -0.05) is 29.9 Å². The number of hydrogen-bond donors (Lipinski definition) is 0. The first-order chi connectivity index (χ1) is 9.45. The molecular formula is C16H26O4. The van der Waals surface area contributed by atoms with Crippen molar-refractivity contribution >= 4 is 5.97 Å². The molecule has 0 aliphatic rings. The van der Waals surface area contributed by atoms with Gasteiger partial charge in [0, 0.05) is 6.08 Å². The van der Waals surface area contributed by atoms with Crippen molar-refractivity contribution < 1.29 is 19.0 Å². The highest BCUT2D eigenvalue weighted by Crippen LogP contribution is 1.99. The lowest BCUT2D eigenvalue weighted by atomic mass is 10.3. The largest absolute Gasteiger partial charge is 0.454 e. The molecule has 20 heavy (non-hydrogen) atoms. The summed E-state index contributed by atoms with van der Waals surface area (Å²) in [6.07, 6.45) is 4.66. The number of carbonyl (C=O) groups excluding carboxylic acids is 1. The molecule has 0 amide bonds. The van der Waals surface area contributed by atoms with Crippen LogP contribution in [0, 0.1) is 0 Å². The zero-order valence-electron chi connectivity index (χ0n) is 13.0. The molecule has 0 aromatic carbocycles. The maximum atomic E-state index is 11.2. The van der Waals surface area contributed by atoms with Crippen LogP contribution < -0.4 is 0 Å². The highest BCUT2D eigenvalue weighted by Gasteiger charge is 2.13. The normalized spacial score (nSPS) is 10.1. The number of rotatable bonds is 10. The Morgan fingerprint density at radius 2 is 1.45 bits per heavy atom. The van der Waals surface area contributed by atoms with Crippen molar-refractivity contribution in [2.24, 2.45) is 0 Å². The Bertz CT molecular complexity index is 323. The lowest BCUT2D eigenvalue weighted by Gasteiger charge is -2.16. The first kappa shape index (κ1) is 18.6. The summed E-state index contributed by atoms with van der Waals surface area (Å²) in [4.78, 5) is 11.2. The van der Waals surface area contributed by atoms with Gasteiger partial charge in [-0.25, -0.2) is 4.79 Å². The van der Waals surface area contributed by atoms with E-state index in [4.69, 9.17) is 14.2 Å². The summed E-state index contributed by atoms with van der Waals surface area (Å²) in [5.74, 6) is -0.466. The molecule has 0 rings (SSSR count). The van der Waals surface area contributed by atoms with E-state index in [-0.39, 0.29) is 0 Å². The van der Waals surface area contributed by atoms with Crippen LogP contribution in [0.2, 0.25) is 0 Å². The molecule has 0 heterocycles. The fourth-order valence-electron chi connectivity index (χ4n) is 1.18. The molecule has 0 aromatic rings. The minimum absolute atomic E-state index is 0.304. The van der Waals surface area contributed by atoms with Crippen LogP contribution in [0.15, 0.2) is 36.0 Å². The third kappa shape index (κ3) is 11.7. The molecule has 0 saturated heterocycles. The molecule has 0 fully saturated rings. The molecular weight excluding hydrogens is 256 g/mol. The second kappa shape index (κ2) is 11.4. The van der Waals surface area contributed by atoms with E-state index in [0.29, 0.717) is 26.4 Å². The molecule has 0 spiro atoms. The summed E-state index contributed by atoms with van der Waals surface area (Å²) in [6.45, 7) is 13.0. The van der Waals surface area contributed by atoms with E-state index in [9.17, 15) is 4.79 Å². The van der Waals surface area contributed by atoms with Gasteiger partial charge in [-0.2, -0.15) is 0 Å². The molecule has 0 aliphatic carbocycles. The zero-order chi connectivity index (χ0) is 15.4. The number of carbonyl (C=O) groups is 1. The SMILES string of the molecule is C=CC(=O)OC(COCC=C(C)C)COCC=C(C)C. The highest BCUT2D eigenvalue weighted by atomic mass is 16.6. The molecule has 0 saturated carbocycles. The Morgan fingerprint density at radius 3 is 1.80 bits per heavy atom. The van der Waals surface area contributed by atoms with Gasteiger partial charge >= 0.3 is 5.97 Å². The fourth-order valence-corrected chi connectivity index (χ4v) is 1.18. The number of ether oxygens (including phenoxy) is 3. The minimum Gasteiger partial charge on any atom is -0.454 e. The van der Waals surface area contributed by atoms with Gasteiger partial charge in [0.15, 0.2) is 0 Å². The number of esters is 1. The van der Waals surface area contributed by atoms with Crippen molar-refractivity contribution in [1.82, 2.24) is 0 Å². The molecule has 0 aliphatic heterocycles. The van der Waals surface area contributed by atoms with Crippen LogP contribution in [0.4, 0.5) is 0 Å². The van der Waals surface area contributed by atoms with Gasteiger partial charge in [0.1, 0.15) is 6.10 Å². The molecule has 4 nitrogen and oxygen atoms in total. The average molecular weight is 282 g/mol. The predicted octanol–water partition coefficient (Wildman–Crippen LogP) is 3.05. The van der Waals surface area contributed by atoms with Crippen molar-refractivity contribution in [3.63, 3.8) is 0 Å². The Hall–Kier alpha value is -1.39. The third-order valence-electron chi connectivity index (χ3n) is 2.28. The molecule has 0 aromatic heterocycles. The van der Waals surface area contributed by atoms with E-state index in [0.717, 1.165) is 6.08 Å². The highest BCUT2D eigenvalue weighted by molar-refractivity contribution is 5.81. The maximum Gasteiger partial charge on any atom is 0.330 e. The Labute approximate surface area is 122 Å². The van der Waals surface area contributed by atoms with E-state index in [1.54, 1.807) is 0 Å². The van der Waals surface area contributed by atoms with Gasteiger partial charge in [0.25, 0.3) is 0 Å². The summed E-state index contributed by atoms with van der Waals surface area (Å²) in [6, 6.07) is 0.